The summed E-state index contributed by atoms with van der Waals surface area (Å²) in [7, 11) is 4.16. The molecular formula is C18H29N3O2. The third kappa shape index (κ3) is 5.13. The van der Waals surface area contributed by atoms with Gasteiger partial charge in [0.25, 0.3) is 0 Å². The Hall–Kier alpha value is -1.75. The predicted molar refractivity (Wildman–Crippen MR) is 93.8 cm³/mol. The number of benzene rings is 1. The highest BCUT2D eigenvalue weighted by Crippen LogP contribution is 2.22. The number of amides is 1. The lowest BCUT2D eigenvalue weighted by atomic mass is 10.0. The Morgan fingerprint density at radius 2 is 2.04 bits per heavy atom. The Kier molecular flexibility index (Phi) is 6.28. The maximum atomic E-state index is 11.7. The third-order valence-electron chi connectivity index (χ3n) is 4.18. The van der Waals surface area contributed by atoms with Gasteiger partial charge in [-0.2, -0.15) is 0 Å². The van der Waals surface area contributed by atoms with Gasteiger partial charge in [-0.15, -0.1) is 0 Å². The minimum absolute atomic E-state index is 0.185. The van der Waals surface area contributed by atoms with Crippen molar-refractivity contribution in [3.63, 3.8) is 0 Å². The van der Waals surface area contributed by atoms with Crippen molar-refractivity contribution in [3.05, 3.63) is 29.3 Å². The average Bonchev–Trinajstić information content (AvgIpc) is 2.51. The Labute approximate surface area is 139 Å². The lowest BCUT2D eigenvalue weighted by molar-refractivity contribution is 0.0983. The van der Waals surface area contributed by atoms with Gasteiger partial charge in [0.15, 0.2) is 0 Å². The first-order valence-corrected chi connectivity index (χ1v) is 8.42. The normalized spacial score (nSPS) is 15.8. The number of hydrogen-bond acceptors (Lipinski definition) is 4. The van der Waals surface area contributed by atoms with E-state index in [4.69, 9.17) is 4.74 Å². The number of ether oxygens (including phenoxy) is 1. The second-order valence-electron chi connectivity index (χ2n) is 6.49. The van der Waals surface area contributed by atoms with Gasteiger partial charge in [0.05, 0.1) is 6.61 Å². The van der Waals surface area contributed by atoms with Crippen molar-refractivity contribution in [2.75, 3.05) is 39.1 Å². The summed E-state index contributed by atoms with van der Waals surface area (Å²) in [6.07, 6.45) is 1.72. The monoisotopic (exact) mass is 319 g/mol. The van der Waals surface area contributed by atoms with Gasteiger partial charge < -0.3 is 19.9 Å². The van der Waals surface area contributed by atoms with Gasteiger partial charge in [-0.1, -0.05) is 12.1 Å². The van der Waals surface area contributed by atoms with Crippen molar-refractivity contribution in [2.45, 2.75) is 39.3 Å². The molecule has 0 atom stereocenters. The van der Waals surface area contributed by atoms with Crippen LogP contribution in [0.1, 0.15) is 30.9 Å². The smallest absolute Gasteiger partial charge is 0.409 e. The molecule has 1 aliphatic heterocycles. The van der Waals surface area contributed by atoms with Crippen molar-refractivity contribution in [1.29, 1.82) is 0 Å². The molecular weight excluding hydrogens is 290 g/mol. The molecule has 1 aromatic carbocycles. The number of anilines is 1. The molecule has 0 aliphatic carbocycles. The van der Waals surface area contributed by atoms with Crippen LogP contribution < -0.4 is 5.32 Å². The number of carbonyl (C=O) groups is 1. The Balaban J connectivity index is 1.92. The van der Waals surface area contributed by atoms with E-state index in [1.807, 2.05) is 6.92 Å². The lowest BCUT2D eigenvalue weighted by Crippen LogP contribution is -2.42. The van der Waals surface area contributed by atoms with E-state index in [1.165, 1.54) is 16.8 Å². The van der Waals surface area contributed by atoms with Crippen LogP contribution in [0.3, 0.4) is 0 Å². The maximum Gasteiger partial charge on any atom is 0.409 e. The molecule has 1 aliphatic rings. The van der Waals surface area contributed by atoms with E-state index in [2.05, 4.69) is 49.4 Å². The van der Waals surface area contributed by atoms with Crippen molar-refractivity contribution in [3.8, 4) is 0 Å². The predicted octanol–water partition coefficient (Wildman–Crippen LogP) is 3.09. The minimum Gasteiger partial charge on any atom is -0.450 e. The van der Waals surface area contributed by atoms with Crippen LogP contribution in [-0.4, -0.2) is 55.7 Å². The molecule has 5 nitrogen and oxygen atoms in total. The van der Waals surface area contributed by atoms with Crippen molar-refractivity contribution >= 4 is 11.8 Å². The molecule has 0 unspecified atom stereocenters. The summed E-state index contributed by atoms with van der Waals surface area (Å²) in [6.45, 7) is 6.87. The van der Waals surface area contributed by atoms with Crippen molar-refractivity contribution in [2.24, 2.45) is 0 Å². The summed E-state index contributed by atoms with van der Waals surface area (Å²) in [6, 6.07) is 7.01. The van der Waals surface area contributed by atoms with Gasteiger partial charge in [-0.3, -0.25) is 0 Å². The number of rotatable bonds is 5. The van der Waals surface area contributed by atoms with E-state index in [0.29, 0.717) is 12.6 Å². The van der Waals surface area contributed by atoms with E-state index in [9.17, 15) is 4.79 Å². The first-order valence-electron chi connectivity index (χ1n) is 8.42. The first kappa shape index (κ1) is 17.6. The van der Waals surface area contributed by atoms with Crippen LogP contribution in [0.25, 0.3) is 0 Å². The molecule has 1 saturated heterocycles. The standard InChI is InChI=1S/C18H29N3O2/c1-5-23-18(22)21-10-8-16(9-11-21)19-17-12-15(13-20(3)4)7-6-14(17)2/h6-7,12,16,19H,5,8-11,13H2,1-4H3. The van der Waals surface area contributed by atoms with Gasteiger partial charge >= 0.3 is 6.09 Å². The molecule has 128 valence electrons. The largest absolute Gasteiger partial charge is 0.450 e. The fourth-order valence-corrected chi connectivity index (χ4v) is 2.93. The Bertz CT molecular complexity index is 523. The summed E-state index contributed by atoms with van der Waals surface area (Å²) >= 11 is 0. The SMILES string of the molecule is CCOC(=O)N1CCC(Nc2cc(CN(C)C)ccc2C)CC1. The lowest BCUT2D eigenvalue weighted by Gasteiger charge is -2.32. The molecule has 0 spiro atoms. The number of nitrogens with zero attached hydrogens (tertiary/aromatic N) is 2. The highest BCUT2D eigenvalue weighted by atomic mass is 16.6. The topological polar surface area (TPSA) is 44.8 Å². The number of piperidine rings is 1. The molecule has 1 amide bonds. The molecule has 0 radical (unpaired) electrons. The van der Waals surface area contributed by atoms with E-state index < -0.39 is 0 Å². The van der Waals surface area contributed by atoms with Crippen LogP contribution in [0, 0.1) is 6.92 Å². The second-order valence-corrected chi connectivity index (χ2v) is 6.49. The van der Waals surface area contributed by atoms with Crippen LogP contribution in [0.4, 0.5) is 10.5 Å². The molecule has 0 bridgehead atoms. The zero-order valence-corrected chi connectivity index (χ0v) is 14.8. The highest BCUT2D eigenvalue weighted by molar-refractivity contribution is 5.67. The molecule has 1 heterocycles. The fraction of sp³-hybridized carbons (Fsp3) is 0.611. The van der Waals surface area contributed by atoms with Gasteiger partial charge in [0.1, 0.15) is 0 Å². The summed E-state index contributed by atoms with van der Waals surface area (Å²) in [5.74, 6) is 0. The maximum absolute atomic E-state index is 11.7. The number of aryl methyl sites for hydroxylation is 1. The molecule has 1 fully saturated rings. The zero-order valence-electron chi connectivity index (χ0n) is 14.8. The number of carbonyl (C=O) groups excluding carboxylic acids is 1. The fourth-order valence-electron chi connectivity index (χ4n) is 2.93. The summed E-state index contributed by atoms with van der Waals surface area (Å²) in [5, 5.41) is 3.66. The van der Waals surface area contributed by atoms with E-state index >= 15 is 0 Å². The van der Waals surface area contributed by atoms with Crippen LogP contribution >= 0.6 is 0 Å². The van der Waals surface area contributed by atoms with Crippen LogP contribution in [-0.2, 0) is 11.3 Å². The molecule has 1 N–H and O–H groups in total. The number of likely N-dealkylation sites (tertiary alicyclic amines) is 1. The van der Waals surface area contributed by atoms with E-state index in [1.54, 1.807) is 4.90 Å². The molecule has 23 heavy (non-hydrogen) atoms. The van der Waals surface area contributed by atoms with E-state index in [-0.39, 0.29) is 6.09 Å². The molecule has 0 saturated carbocycles. The highest BCUT2D eigenvalue weighted by Gasteiger charge is 2.23. The Morgan fingerprint density at radius 3 is 2.65 bits per heavy atom. The molecule has 5 heteroatoms. The summed E-state index contributed by atoms with van der Waals surface area (Å²) in [4.78, 5) is 15.7. The van der Waals surface area contributed by atoms with Crippen LogP contribution in [0.5, 0.6) is 0 Å². The van der Waals surface area contributed by atoms with Crippen LogP contribution in [0.15, 0.2) is 18.2 Å². The number of hydrogen-bond donors (Lipinski definition) is 1. The minimum atomic E-state index is -0.185. The summed E-state index contributed by atoms with van der Waals surface area (Å²) in [5.41, 5.74) is 3.78. The average molecular weight is 319 g/mol. The van der Waals surface area contributed by atoms with Gasteiger partial charge in [-0.25, -0.2) is 4.79 Å². The van der Waals surface area contributed by atoms with Crippen molar-refractivity contribution in [1.82, 2.24) is 9.80 Å². The number of nitrogens with one attached hydrogen (secondary N) is 1. The Morgan fingerprint density at radius 1 is 1.35 bits per heavy atom. The molecule has 0 aromatic heterocycles. The summed E-state index contributed by atoms with van der Waals surface area (Å²) < 4.78 is 5.07. The van der Waals surface area contributed by atoms with E-state index in [0.717, 1.165) is 32.5 Å². The first-order chi connectivity index (χ1) is 11.0. The molecule has 1 aromatic rings. The van der Waals surface area contributed by atoms with Gasteiger partial charge in [0.2, 0.25) is 0 Å². The quantitative estimate of drug-likeness (QED) is 0.906. The molecule has 2 rings (SSSR count). The zero-order chi connectivity index (χ0) is 16.8. The second kappa shape index (κ2) is 8.20. The van der Waals surface area contributed by atoms with Crippen molar-refractivity contribution < 1.29 is 9.53 Å². The van der Waals surface area contributed by atoms with Gasteiger partial charge in [-0.05, 0) is 58.0 Å². The van der Waals surface area contributed by atoms with Crippen LogP contribution in [0.2, 0.25) is 0 Å². The third-order valence-corrected chi connectivity index (χ3v) is 4.18. The van der Waals surface area contributed by atoms with Gasteiger partial charge in [0, 0.05) is 31.4 Å².